The van der Waals surface area contributed by atoms with E-state index in [9.17, 15) is 0 Å². The summed E-state index contributed by atoms with van der Waals surface area (Å²) in [5, 5.41) is 2.22. The molecule has 0 aliphatic carbocycles. The number of rotatable bonds is 0. The lowest BCUT2D eigenvalue weighted by Gasteiger charge is -1.68. The van der Waals surface area contributed by atoms with E-state index in [1.54, 1.807) is 17.5 Å². The molecule has 38 valence electrons. The van der Waals surface area contributed by atoms with Gasteiger partial charge in [0.05, 0.1) is 0 Å². The van der Waals surface area contributed by atoms with Crippen molar-refractivity contribution in [1.29, 1.82) is 0 Å². The lowest BCUT2D eigenvalue weighted by molar-refractivity contribution is 0.644. The Hall–Kier alpha value is -0.540. The summed E-state index contributed by atoms with van der Waals surface area (Å²) in [7, 11) is -0.759. The first-order chi connectivity index (χ1) is 3.30. The van der Waals surface area contributed by atoms with Crippen LogP contribution >= 0.6 is 10.8 Å². The molecule has 1 aromatic heterocycles. The van der Waals surface area contributed by atoms with Crippen molar-refractivity contribution >= 4 is 15.8 Å². The summed E-state index contributed by atoms with van der Waals surface area (Å²) >= 11 is 0. The minimum Gasteiger partial charge on any atom is -0.353 e. The van der Waals surface area contributed by atoms with E-state index in [1.165, 1.54) is 0 Å². The van der Waals surface area contributed by atoms with Crippen LogP contribution in [0.4, 0.5) is 5.00 Å². The summed E-state index contributed by atoms with van der Waals surface area (Å²) in [6.07, 6.45) is 0. The third-order valence-corrected chi connectivity index (χ3v) is 1.74. The molecule has 1 unspecified atom stereocenters. The Kier molecular flexibility index (Phi) is 1.00. The second kappa shape index (κ2) is 1.52. The third-order valence-electron chi connectivity index (χ3n) is 0.709. The zero-order valence-corrected chi connectivity index (χ0v) is 4.48. The van der Waals surface area contributed by atoms with E-state index < -0.39 is 10.8 Å². The zero-order valence-electron chi connectivity index (χ0n) is 3.66. The summed E-state index contributed by atoms with van der Waals surface area (Å²) in [6.45, 7) is 0. The number of nitrogen functional groups attached to an aromatic ring is 1. The highest BCUT2D eigenvalue weighted by molar-refractivity contribution is 7.27. The van der Waals surface area contributed by atoms with Crippen molar-refractivity contribution in [3.05, 3.63) is 17.5 Å². The van der Waals surface area contributed by atoms with Gasteiger partial charge in [0.15, 0.2) is 16.1 Å². The maximum Gasteiger partial charge on any atom is 0.273 e. The molecular formula is C4H6NOS+. The second-order valence-corrected chi connectivity index (χ2v) is 2.58. The standard InChI is InChI=1S/C4H6NOS/c5-4-2-1-3-7(4)6/h1-3,6H,5H2/q+1. The molecule has 0 aliphatic heterocycles. The molecule has 0 saturated heterocycles. The monoisotopic (exact) mass is 116 g/mol. The van der Waals surface area contributed by atoms with Crippen LogP contribution in [-0.4, -0.2) is 4.55 Å². The van der Waals surface area contributed by atoms with E-state index in [2.05, 4.69) is 0 Å². The molecule has 1 rings (SSSR count). The number of nitrogens with two attached hydrogens (primary N) is 1. The highest BCUT2D eigenvalue weighted by atomic mass is 32.2. The largest absolute Gasteiger partial charge is 0.353 e. The molecule has 1 aromatic rings. The van der Waals surface area contributed by atoms with Crippen LogP contribution in [0.3, 0.4) is 0 Å². The number of hydrogen-bond donors (Lipinski definition) is 2. The van der Waals surface area contributed by atoms with Gasteiger partial charge in [0.2, 0.25) is 0 Å². The van der Waals surface area contributed by atoms with Crippen molar-refractivity contribution in [2.45, 2.75) is 0 Å². The molecule has 0 saturated carbocycles. The fourth-order valence-electron chi connectivity index (χ4n) is 0.357. The SMILES string of the molecule is Nc1ccc[s+]1O. The smallest absolute Gasteiger partial charge is 0.273 e. The molecule has 0 aliphatic rings. The van der Waals surface area contributed by atoms with Gasteiger partial charge in [-0.05, 0) is 0 Å². The Bertz CT molecular complexity index is 144. The fourth-order valence-corrected chi connectivity index (χ4v) is 0.959. The molecule has 0 spiro atoms. The van der Waals surface area contributed by atoms with Crippen LogP contribution in [0.5, 0.6) is 0 Å². The maximum absolute atomic E-state index is 8.75. The number of hydrogen-bond acceptors (Lipinski definition) is 2. The first-order valence-corrected chi connectivity index (χ1v) is 3.11. The van der Waals surface area contributed by atoms with Crippen LogP contribution in [0.1, 0.15) is 0 Å². The van der Waals surface area contributed by atoms with Crippen LogP contribution < -0.4 is 5.73 Å². The van der Waals surface area contributed by atoms with Crippen molar-refractivity contribution < 1.29 is 4.55 Å². The Labute approximate surface area is 44.4 Å². The predicted octanol–water partition coefficient (Wildman–Crippen LogP) is 1.15. The van der Waals surface area contributed by atoms with Crippen LogP contribution in [0, 0.1) is 0 Å². The lowest BCUT2D eigenvalue weighted by atomic mass is 10.6. The normalized spacial score (nSPS) is 11.9. The average molecular weight is 116 g/mol. The predicted molar refractivity (Wildman–Crippen MR) is 30.7 cm³/mol. The van der Waals surface area contributed by atoms with Gasteiger partial charge in [0.1, 0.15) is 0 Å². The van der Waals surface area contributed by atoms with Crippen LogP contribution in [-0.2, 0) is 0 Å². The Morgan fingerprint density at radius 2 is 2.43 bits per heavy atom. The lowest BCUT2D eigenvalue weighted by Crippen LogP contribution is -1.76. The molecular weight excluding hydrogens is 110 g/mol. The van der Waals surface area contributed by atoms with Gasteiger partial charge in [0.25, 0.3) is 5.00 Å². The molecule has 2 nitrogen and oxygen atoms in total. The molecule has 3 N–H and O–H groups in total. The Morgan fingerprint density at radius 3 is 2.57 bits per heavy atom. The molecule has 0 radical (unpaired) electrons. The summed E-state index contributed by atoms with van der Waals surface area (Å²) in [4.78, 5) is 0. The second-order valence-electron chi connectivity index (χ2n) is 1.21. The van der Waals surface area contributed by atoms with Crippen molar-refractivity contribution in [3.8, 4) is 0 Å². The number of anilines is 1. The molecule has 1 heterocycles. The quantitative estimate of drug-likeness (QED) is 0.499. The van der Waals surface area contributed by atoms with Crippen LogP contribution in [0.25, 0.3) is 0 Å². The highest BCUT2D eigenvalue weighted by Crippen LogP contribution is 2.21. The van der Waals surface area contributed by atoms with Gasteiger partial charge in [-0.25, -0.2) is 0 Å². The van der Waals surface area contributed by atoms with E-state index in [0.29, 0.717) is 5.00 Å². The van der Waals surface area contributed by atoms with Crippen molar-refractivity contribution in [2.75, 3.05) is 5.73 Å². The maximum atomic E-state index is 8.75. The molecule has 7 heavy (non-hydrogen) atoms. The van der Waals surface area contributed by atoms with Gasteiger partial charge in [0, 0.05) is 12.1 Å². The highest BCUT2D eigenvalue weighted by Gasteiger charge is 2.01. The minimum atomic E-state index is -0.759. The molecule has 0 bridgehead atoms. The number of thiophene rings is 1. The van der Waals surface area contributed by atoms with Crippen molar-refractivity contribution in [1.82, 2.24) is 0 Å². The van der Waals surface area contributed by atoms with Crippen molar-refractivity contribution in [3.63, 3.8) is 0 Å². The van der Waals surface area contributed by atoms with Crippen molar-refractivity contribution in [2.24, 2.45) is 0 Å². The summed E-state index contributed by atoms with van der Waals surface area (Å²) < 4.78 is 8.75. The first kappa shape index (κ1) is 4.61. The third kappa shape index (κ3) is 0.730. The summed E-state index contributed by atoms with van der Waals surface area (Å²) in [5.74, 6) is 0. The average Bonchev–Trinajstić information content (AvgIpc) is 1.91. The van der Waals surface area contributed by atoms with E-state index in [-0.39, 0.29) is 0 Å². The Morgan fingerprint density at radius 1 is 1.71 bits per heavy atom. The topological polar surface area (TPSA) is 46.2 Å². The van der Waals surface area contributed by atoms with Gasteiger partial charge in [-0.1, -0.05) is 0 Å². The van der Waals surface area contributed by atoms with E-state index >= 15 is 0 Å². The van der Waals surface area contributed by atoms with Gasteiger partial charge >= 0.3 is 0 Å². The first-order valence-electron chi connectivity index (χ1n) is 1.87. The molecule has 0 amide bonds. The molecule has 0 aromatic carbocycles. The summed E-state index contributed by atoms with van der Waals surface area (Å²) in [5.41, 5.74) is 5.24. The van der Waals surface area contributed by atoms with Gasteiger partial charge < -0.3 is 5.73 Å². The molecule has 0 fully saturated rings. The molecule has 3 heteroatoms. The summed E-state index contributed by atoms with van der Waals surface area (Å²) in [6, 6.07) is 3.45. The fraction of sp³-hybridized carbons (Fsp3) is 0. The molecule has 1 atom stereocenters. The van der Waals surface area contributed by atoms with Crippen LogP contribution in [0.15, 0.2) is 17.5 Å². The van der Waals surface area contributed by atoms with Gasteiger partial charge in [-0.15, -0.1) is 0 Å². The minimum absolute atomic E-state index is 0.556. The van der Waals surface area contributed by atoms with Gasteiger partial charge in [-0.2, -0.15) is 4.55 Å². The zero-order chi connectivity index (χ0) is 5.28. The van der Waals surface area contributed by atoms with Gasteiger partial charge in [-0.3, -0.25) is 0 Å². The van der Waals surface area contributed by atoms with E-state index in [4.69, 9.17) is 10.3 Å². The Balaban J connectivity index is 3.12. The van der Waals surface area contributed by atoms with Crippen LogP contribution in [0.2, 0.25) is 0 Å². The van der Waals surface area contributed by atoms with E-state index in [0.717, 1.165) is 0 Å². The van der Waals surface area contributed by atoms with E-state index in [1.807, 2.05) is 0 Å².